The van der Waals surface area contributed by atoms with Crippen molar-refractivity contribution in [3.8, 4) is 11.5 Å². The summed E-state index contributed by atoms with van der Waals surface area (Å²) in [6.07, 6.45) is 4.60. The molecule has 1 fully saturated rings. The molecule has 0 saturated heterocycles. The molecule has 1 aliphatic carbocycles. The molecular weight excluding hydrogens is 495 g/mol. The Hall–Kier alpha value is -1.68. The summed E-state index contributed by atoms with van der Waals surface area (Å²) in [7, 11) is 7.22. The lowest BCUT2D eigenvalue weighted by atomic mass is 10.2. The summed E-state index contributed by atoms with van der Waals surface area (Å²) >= 11 is 0. The normalized spacial score (nSPS) is 13.8. The molecule has 0 unspecified atom stereocenters. The zero-order chi connectivity index (χ0) is 20.6. The highest BCUT2D eigenvalue weighted by atomic mass is 127. The number of halogens is 1. The molecule has 8 heteroatoms. The van der Waals surface area contributed by atoms with E-state index < -0.39 is 0 Å². The van der Waals surface area contributed by atoms with Gasteiger partial charge in [-0.25, -0.2) is 0 Å². The van der Waals surface area contributed by atoms with Crippen molar-refractivity contribution in [2.45, 2.75) is 25.7 Å². The minimum atomic E-state index is 0. The Kier molecular flexibility index (Phi) is 10.0. The number of ether oxygens (including phenoxy) is 3. The Bertz CT molecular complexity index is 820. The number of nitrogens with one attached hydrogen (secondary N) is 2. The fourth-order valence-corrected chi connectivity index (χ4v) is 3.36. The summed E-state index contributed by atoms with van der Waals surface area (Å²) in [4.78, 5) is 9.96. The maximum atomic E-state index is 5.72. The number of aryl methyl sites for hydroxylation is 1. The van der Waals surface area contributed by atoms with Crippen LogP contribution in [0.1, 0.15) is 25.0 Å². The number of nitrogens with zero attached hydrogens (tertiary/aromatic N) is 2. The Morgan fingerprint density at radius 1 is 1.23 bits per heavy atom. The van der Waals surface area contributed by atoms with Crippen LogP contribution in [0, 0.1) is 5.92 Å². The van der Waals surface area contributed by atoms with E-state index in [4.69, 9.17) is 14.2 Å². The van der Waals surface area contributed by atoms with Gasteiger partial charge in [0.2, 0.25) is 0 Å². The zero-order valence-electron chi connectivity index (χ0n) is 18.5. The number of fused-ring (bicyclic) bond motifs is 1. The van der Waals surface area contributed by atoms with Gasteiger partial charge >= 0.3 is 0 Å². The molecule has 3 rings (SSSR count). The average Bonchev–Trinajstić information content (AvgIpc) is 3.47. The number of hydrogen-bond donors (Lipinski definition) is 2. The van der Waals surface area contributed by atoms with Crippen molar-refractivity contribution < 1.29 is 14.2 Å². The second kappa shape index (κ2) is 12.2. The number of H-pyrrole nitrogens is 1. The molecule has 0 radical (unpaired) electrons. The van der Waals surface area contributed by atoms with Crippen molar-refractivity contribution in [1.82, 2.24) is 15.2 Å². The van der Waals surface area contributed by atoms with E-state index in [1.165, 1.54) is 18.5 Å². The summed E-state index contributed by atoms with van der Waals surface area (Å²) in [5, 5.41) is 4.52. The second-order valence-corrected chi connectivity index (χ2v) is 7.60. The van der Waals surface area contributed by atoms with Gasteiger partial charge in [0.05, 0.1) is 26.3 Å². The highest BCUT2D eigenvalue weighted by molar-refractivity contribution is 14.0. The first-order chi connectivity index (χ1) is 14.1. The van der Waals surface area contributed by atoms with Crippen LogP contribution in [-0.4, -0.2) is 70.5 Å². The molecule has 7 nitrogen and oxygen atoms in total. The lowest BCUT2D eigenvalue weighted by molar-refractivity contribution is 0.115. The van der Waals surface area contributed by atoms with Gasteiger partial charge in [0.25, 0.3) is 0 Å². The molecule has 0 aliphatic heterocycles. The van der Waals surface area contributed by atoms with E-state index in [2.05, 4.69) is 26.3 Å². The SMILES string of the molecule is CN=C(NCCCc1cc2c(OC)cc(OC)cc2[nH]1)N(C)CCOCC1CC1.I. The Morgan fingerprint density at radius 3 is 2.70 bits per heavy atom. The van der Waals surface area contributed by atoms with E-state index in [0.717, 1.165) is 73.4 Å². The van der Waals surface area contributed by atoms with E-state index in [1.807, 2.05) is 26.2 Å². The predicted molar refractivity (Wildman–Crippen MR) is 133 cm³/mol. The molecular formula is C22H35IN4O3. The molecule has 168 valence electrons. The van der Waals surface area contributed by atoms with Gasteiger partial charge in [0.15, 0.2) is 5.96 Å². The van der Waals surface area contributed by atoms with Crippen LogP contribution in [0.3, 0.4) is 0 Å². The number of methoxy groups -OCH3 is 2. The number of hydrogen-bond acceptors (Lipinski definition) is 4. The van der Waals surface area contributed by atoms with E-state index in [0.29, 0.717) is 0 Å². The fraction of sp³-hybridized carbons (Fsp3) is 0.591. The van der Waals surface area contributed by atoms with Crippen molar-refractivity contribution in [1.29, 1.82) is 0 Å². The average molecular weight is 530 g/mol. The summed E-state index contributed by atoms with van der Waals surface area (Å²) in [5.74, 6) is 3.33. The molecule has 0 bridgehead atoms. The number of rotatable bonds is 11. The van der Waals surface area contributed by atoms with Gasteiger partial charge in [0.1, 0.15) is 11.5 Å². The quantitative estimate of drug-likeness (QED) is 0.201. The molecule has 0 amide bonds. The van der Waals surface area contributed by atoms with Crippen LogP contribution in [0.5, 0.6) is 11.5 Å². The predicted octanol–water partition coefficient (Wildman–Crippen LogP) is 3.67. The van der Waals surface area contributed by atoms with Crippen molar-refractivity contribution in [2.24, 2.45) is 10.9 Å². The zero-order valence-corrected chi connectivity index (χ0v) is 20.8. The Labute approximate surface area is 196 Å². The highest BCUT2D eigenvalue weighted by Crippen LogP contribution is 2.31. The first kappa shape index (κ1) is 24.6. The van der Waals surface area contributed by atoms with Gasteiger partial charge in [-0.3, -0.25) is 4.99 Å². The van der Waals surface area contributed by atoms with Crippen LogP contribution in [-0.2, 0) is 11.2 Å². The lowest BCUT2D eigenvalue weighted by Gasteiger charge is -2.22. The van der Waals surface area contributed by atoms with Crippen LogP contribution in [0.4, 0.5) is 0 Å². The maximum Gasteiger partial charge on any atom is 0.193 e. The summed E-state index contributed by atoms with van der Waals surface area (Å²) in [6, 6.07) is 6.07. The van der Waals surface area contributed by atoms with Crippen LogP contribution in [0.15, 0.2) is 23.2 Å². The minimum absolute atomic E-state index is 0. The van der Waals surface area contributed by atoms with Crippen LogP contribution in [0.2, 0.25) is 0 Å². The molecule has 0 spiro atoms. The van der Waals surface area contributed by atoms with Crippen LogP contribution < -0.4 is 14.8 Å². The largest absolute Gasteiger partial charge is 0.497 e. The highest BCUT2D eigenvalue weighted by Gasteiger charge is 2.21. The third-order valence-corrected chi connectivity index (χ3v) is 5.29. The van der Waals surface area contributed by atoms with Gasteiger partial charge < -0.3 is 29.4 Å². The molecule has 1 aliphatic rings. The van der Waals surface area contributed by atoms with Crippen LogP contribution in [0.25, 0.3) is 10.9 Å². The number of aromatic amines is 1. The number of benzene rings is 1. The van der Waals surface area contributed by atoms with E-state index in [1.54, 1.807) is 14.2 Å². The number of aromatic nitrogens is 1. The number of guanidine groups is 1. The van der Waals surface area contributed by atoms with Gasteiger partial charge in [-0.1, -0.05) is 0 Å². The molecule has 2 aromatic rings. The monoisotopic (exact) mass is 530 g/mol. The maximum absolute atomic E-state index is 5.72. The van der Waals surface area contributed by atoms with Crippen molar-refractivity contribution in [2.75, 3.05) is 54.6 Å². The van der Waals surface area contributed by atoms with Crippen molar-refractivity contribution in [3.05, 3.63) is 23.9 Å². The minimum Gasteiger partial charge on any atom is -0.497 e. The van der Waals surface area contributed by atoms with Gasteiger partial charge in [-0.05, 0) is 37.7 Å². The van der Waals surface area contributed by atoms with E-state index in [9.17, 15) is 0 Å². The summed E-state index contributed by atoms with van der Waals surface area (Å²) in [6.45, 7) is 3.35. The topological polar surface area (TPSA) is 71.1 Å². The van der Waals surface area contributed by atoms with Crippen molar-refractivity contribution in [3.63, 3.8) is 0 Å². The molecule has 0 atom stereocenters. The molecule has 1 aromatic heterocycles. The lowest BCUT2D eigenvalue weighted by Crippen LogP contribution is -2.41. The van der Waals surface area contributed by atoms with Gasteiger partial charge in [-0.15, -0.1) is 24.0 Å². The Morgan fingerprint density at radius 2 is 2.03 bits per heavy atom. The second-order valence-electron chi connectivity index (χ2n) is 7.60. The van der Waals surface area contributed by atoms with Crippen molar-refractivity contribution >= 4 is 40.8 Å². The molecule has 1 heterocycles. The first-order valence-electron chi connectivity index (χ1n) is 10.4. The van der Waals surface area contributed by atoms with E-state index >= 15 is 0 Å². The number of likely N-dealkylation sites (N-methyl/N-ethyl adjacent to an activating group) is 1. The van der Waals surface area contributed by atoms with Gasteiger partial charge in [-0.2, -0.15) is 0 Å². The standard InChI is InChI=1S/C22H34N4O3.HI/c1-23-22(26(2)10-11-29-15-16-7-8-16)24-9-5-6-17-12-19-20(25-17)13-18(27-3)14-21(19)28-4;/h12-14,16,25H,5-11,15H2,1-4H3,(H,23,24);1H. The molecule has 1 saturated carbocycles. The molecule has 1 aromatic carbocycles. The molecule has 30 heavy (non-hydrogen) atoms. The third kappa shape index (κ3) is 6.94. The summed E-state index contributed by atoms with van der Waals surface area (Å²) in [5.41, 5.74) is 2.22. The molecule has 2 N–H and O–H groups in total. The third-order valence-electron chi connectivity index (χ3n) is 5.29. The summed E-state index contributed by atoms with van der Waals surface area (Å²) < 4.78 is 16.6. The number of aliphatic imine (C=N–C) groups is 1. The first-order valence-corrected chi connectivity index (χ1v) is 10.4. The fourth-order valence-electron chi connectivity index (χ4n) is 3.36. The van der Waals surface area contributed by atoms with Gasteiger partial charge in [0, 0.05) is 57.0 Å². The van der Waals surface area contributed by atoms with Crippen LogP contribution >= 0.6 is 24.0 Å². The van der Waals surface area contributed by atoms with E-state index in [-0.39, 0.29) is 24.0 Å². The Balaban J connectivity index is 0.00000320. The smallest absolute Gasteiger partial charge is 0.193 e.